The molecule has 2 nitrogen and oxygen atoms in total. The number of rotatable bonds is 2. The summed E-state index contributed by atoms with van der Waals surface area (Å²) in [4.78, 5) is 0. The summed E-state index contributed by atoms with van der Waals surface area (Å²) in [5, 5.41) is 5.70. The summed E-state index contributed by atoms with van der Waals surface area (Å²) in [6, 6.07) is 13.1. The van der Waals surface area contributed by atoms with E-state index in [1.54, 1.807) is 0 Å². The largest absolute Gasteiger partial charge is 0.275 e. The molecule has 0 aliphatic rings. The van der Waals surface area contributed by atoms with E-state index >= 15 is 0 Å². The Balaban J connectivity index is 2.18. The molecule has 0 bridgehead atoms. The highest BCUT2D eigenvalue weighted by Crippen LogP contribution is 2.30. The van der Waals surface area contributed by atoms with Gasteiger partial charge >= 0.3 is 0 Å². The van der Waals surface area contributed by atoms with Crippen LogP contribution in [-0.4, -0.2) is 9.78 Å². The molecule has 0 atom stereocenters. The van der Waals surface area contributed by atoms with E-state index in [0.29, 0.717) is 5.92 Å². The van der Waals surface area contributed by atoms with E-state index in [0.717, 1.165) is 5.52 Å². The van der Waals surface area contributed by atoms with Gasteiger partial charge in [-0.1, -0.05) is 44.2 Å². The molecule has 0 saturated heterocycles. The fourth-order valence-corrected chi connectivity index (χ4v) is 2.90. The van der Waals surface area contributed by atoms with Crippen molar-refractivity contribution in [1.29, 1.82) is 0 Å². The molecular weight excluding hydrogens is 244 g/mol. The number of hydrogen-bond acceptors (Lipinski definition) is 1. The highest BCUT2D eigenvalue weighted by Gasteiger charge is 2.09. The summed E-state index contributed by atoms with van der Waals surface area (Å²) in [6.07, 6.45) is 2.09. The summed E-state index contributed by atoms with van der Waals surface area (Å²) in [6.45, 7) is 6.68. The first-order valence-electron chi connectivity index (χ1n) is 7.09. The van der Waals surface area contributed by atoms with Gasteiger partial charge in [-0.15, -0.1) is 0 Å². The highest BCUT2D eigenvalue weighted by atomic mass is 15.2. The number of benzene rings is 2. The van der Waals surface area contributed by atoms with Gasteiger partial charge in [0, 0.05) is 18.6 Å². The van der Waals surface area contributed by atoms with Crippen molar-refractivity contribution in [3.05, 3.63) is 53.7 Å². The van der Waals surface area contributed by atoms with Crippen molar-refractivity contribution in [2.24, 2.45) is 7.05 Å². The van der Waals surface area contributed by atoms with Gasteiger partial charge in [0.2, 0.25) is 0 Å². The summed E-state index contributed by atoms with van der Waals surface area (Å²) >= 11 is 0. The van der Waals surface area contributed by atoms with E-state index in [-0.39, 0.29) is 0 Å². The molecule has 20 heavy (non-hydrogen) atoms. The molecule has 0 amide bonds. The lowest BCUT2D eigenvalue weighted by Gasteiger charge is -2.12. The maximum Gasteiger partial charge on any atom is 0.0929 e. The quantitative estimate of drug-likeness (QED) is 0.657. The Hall–Kier alpha value is -2.09. The molecule has 3 aromatic rings. The molecule has 0 aliphatic carbocycles. The summed E-state index contributed by atoms with van der Waals surface area (Å²) < 4.78 is 1.88. The van der Waals surface area contributed by atoms with Crippen LogP contribution in [0.15, 0.2) is 42.6 Å². The third-order valence-electron chi connectivity index (χ3n) is 3.87. The number of hydrogen-bond donors (Lipinski definition) is 0. The zero-order valence-electron chi connectivity index (χ0n) is 12.5. The minimum absolute atomic E-state index is 0.568. The Labute approximate surface area is 120 Å². The minimum atomic E-state index is 0.568. The van der Waals surface area contributed by atoms with Crippen LogP contribution >= 0.6 is 0 Å². The molecular formula is C18H20N2. The lowest BCUT2D eigenvalue weighted by atomic mass is 9.93. The van der Waals surface area contributed by atoms with Crippen molar-refractivity contribution in [3.63, 3.8) is 0 Å². The van der Waals surface area contributed by atoms with E-state index in [4.69, 9.17) is 0 Å². The minimum Gasteiger partial charge on any atom is -0.275 e. The Morgan fingerprint density at radius 2 is 1.90 bits per heavy atom. The van der Waals surface area contributed by atoms with Crippen LogP contribution in [0.5, 0.6) is 0 Å². The average molecular weight is 264 g/mol. The topological polar surface area (TPSA) is 17.8 Å². The second-order valence-corrected chi connectivity index (χ2v) is 5.77. The fraction of sp³-hybridized carbons (Fsp3) is 0.278. The smallest absolute Gasteiger partial charge is 0.0929 e. The van der Waals surface area contributed by atoms with E-state index in [2.05, 4.69) is 68.5 Å². The van der Waals surface area contributed by atoms with Crippen LogP contribution in [0.1, 0.15) is 30.9 Å². The molecule has 2 aromatic carbocycles. The zero-order chi connectivity index (χ0) is 14.3. The average Bonchev–Trinajstić information content (AvgIpc) is 2.77. The molecule has 0 N–H and O–H groups in total. The molecule has 102 valence electrons. The van der Waals surface area contributed by atoms with Crippen molar-refractivity contribution in [1.82, 2.24) is 9.78 Å². The molecule has 0 unspecified atom stereocenters. The summed E-state index contributed by atoms with van der Waals surface area (Å²) in [5.74, 6) is 0.568. The number of aromatic nitrogens is 2. The third kappa shape index (κ3) is 2.11. The van der Waals surface area contributed by atoms with E-state index in [1.807, 2.05) is 11.7 Å². The lowest BCUT2D eigenvalue weighted by Crippen LogP contribution is -1.92. The Bertz CT molecular complexity index is 766. The predicted octanol–water partition coefficient (Wildman–Crippen LogP) is 4.67. The van der Waals surface area contributed by atoms with Crippen LogP contribution in [-0.2, 0) is 7.05 Å². The van der Waals surface area contributed by atoms with Crippen LogP contribution in [0.2, 0.25) is 0 Å². The van der Waals surface area contributed by atoms with Crippen LogP contribution < -0.4 is 0 Å². The molecule has 0 spiro atoms. The normalized spacial score (nSPS) is 11.4. The maximum atomic E-state index is 4.48. The van der Waals surface area contributed by atoms with Gasteiger partial charge in [0.1, 0.15) is 0 Å². The van der Waals surface area contributed by atoms with Gasteiger partial charge < -0.3 is 0 Å². The Morgan fingerprint density at radius 1 is 1.10 bits per heavy atom. The standard InChI is InChI=1S/C18H20N2/c1-12(2)15-9-8-14(10-13(15)3)16-6-5-7-18-17(16)11-20(4)19-18/h5-12H,1-4H3. The monoisotopic (exact) mass is 264 g/mol. The fourth-order valence-electron chi connectivity index (χ4n) is 2.90. The lowest BCUT2D eigenvalue weighted by molar-refractivity contribution is 0.780. The third-order valence-corrected chi connectivity index (χ3v) is 3.87. The molecule has 0 radical (unpaired) electrons. The van der Waals surface area contributed by atoms with E-state index < -0.39 is 0 Å². The molecule has 1 heterocycles. The number of aryl methyl sites for hydroxylation is 2. The Kier molecular flexibility index (Phi) is 3.09. The highest BCUT2D eigenvalue weighted by molar-refractivity contribution is 5.94. The SMILES string of the molecule is Cc1cc(-c2cccc3nn(C)cc23)ccc1C(C)C. The molecule has 1 aromatic heterocycles. The van der Waals surface area contributed by atoms with Crippen molar-refractivity contribution < 1.29 is 0 Å². The van der Waals surface area contributed by atoms with Gasteiger partial charge in [0.05, 0.1) is 5.52 Å². The van der Waals surface area contributed by atoms with Crippen LogP contribution in [0.3, 0.4) is 0 Å². The van der Waals surface area contributed by atoms with Crippen LogP contribution in [0, 0.1) is 6.92 Å². The van der Waals surface area contributed by atoms with Gasteiger partial charge in [-0.2, -0.15) is 5.10 Å². The van der Waals surface area contributed by atoms with E-state index in [9.17, 15) is 0 Å². The second-order valence-electron chi connectivity index (χ2n) is 5.77. The number of nitrogens with zero attached hydrogens (tertiary/aromatic N) is 2. The van der Waals surface area contributed by atoms with Gasteiger partial charge in [-0.25, -0.2) is 0 Å². The predicted molar refractivity (Wildman–Crippen MR) is 85.0 cm³/mol. The first kappa shape index (κ1) is 12.9. The Morgan fingerprint density at radius 3 is 2.60 bits per heavy atom. The molecule has 2 heteroatoms. The first-order chi connectivity index (χ1) is 9.56. The van der Waals surface area contributed by atoms with Gasteiger partial charge in [-0.3, -0.25) is 4.68 Å². The molecule has 0 aliphatic heterocycles. The zero-order valence-corrected chi connectivity index (χ0v) is 12.5. The molecule has 0 saturated carbocycles. The van der Waals surface area contributed by atoms with Gasteiger partial charge in [0.15, 0.2) is 0 Å². The van der Waals surface area contributed by atoms with Crippen molar-refractivity contribution >= 4 is 10.9 Å². The van der Waals surface area contributed by atoms with E-state index in [1.165, 1.54) is 27.6 Å². The second kappa shape index (κ2) is 4.78. The summed E-state index contributed by atoms with van der Waals surface area (Å²) in [7, 11) is 1.97. The van der Waals surface area contributed by atoms with Crippen molar-refractivity contribution in [2.75, 3.05) is 0 Å². The molecule has 3 rings (SSSR count). The van der Waals surface area contributed by atoms with Crippen LogP contribution in [0.25, 0.3) is 22.0 Å². The summed E-state index contributed by atoms with van der Waals surface area (Å²) in [5.41, 5.74) is 6.36. The van der Waals surface area contributed by atoms with Crippen LogP contribution in [0.4, 0.5) is 0 Å². The maximum absolute atomic E-state index is 4.48. The molecule has 0 fully saturated rings. The number of fused-ring (bicyclic) bond motifs is 1. The van der Waals surface area contributed by atoms with Gasteiger partial charge in [0.25, 0.3) is 0 Å². The van der Waals surface area contributed by atoms with Gasteiger partial charge in [-0.05, 0) is 41.2 Å². The first-order valence-corrected chi connectivity index (χ1v) is 7.09. The van der Waals surface area contributed by atoms with Crippen molar-refractivity contribution in [3.8, 4) is 11.1 Å². The van der Waals surface area contributed by atoms with Crippen molar-refractivity contribution in [2.45, 2.75) is 26.7 Å².